The highest BCUT2D eigenvalue weighted by atomic mass is 35.5. The monoisotopic (exact) mass is 629 g/mol. The molecule has 1 atom stereocenters. The number of amides is 1. The second-order valence-corrected chi connectivity index (χ2v) is 12.9. The molecule has 0 saturated carbocycles. The summed E-state index contributed by atoms with van der Waals surface area (Å²) in [5, 5.41) is 22.4. The van der Waals surface area contributed by atoms with Crippen LogP contribution in [-0.2, 0) is 19.4 Å². The maximum Gasteiger partial charge on any atom is 0.301 e. The van der Waals surface area contributed by atoms with Crippen LogP contribution in [0.5, 0.6) is 0 Å². The van der Waals surface area contributed by atoms with Gasteiger partial charge >= 0.3 is 5.91 Å². The molecule has 1 aromatic heterocycles. The summed E-state index contributed by atoms with van der Waals surface area (Å²) >= 11 is 13.2. The molecule has 0 radical (unpaired) electrons. The number of halogens is 2. The number of aromatic nitrogens is 1. The number of ketones is 1. The molecular formula is C27H17Cl2N3O7S2. The third kappa shape index (κ3) is 5.10. The second-order valence-electron chi connectivity index (χ2n) is 8.92. The molecule has 41 heavy (non-hydrogen) atoms. The van der Waals surface area contributed by atoms with Crippen LogP contribution in [0.15, 0.2) is 87.6 Å². The van der Waals surface area contributed by atoms with Gasteiger partial charge in [-0.2, -0.15) is 0 Å². The Morgan fingerprint density at radius 3 is 2.32 bits per heavy atom. The van der Waals surface area contributed by atoms with Crippen molar-refractivity contribution in [2.75, 3.05) is 4.90 Å². The smallest absolute Gasteiger partial charge is 0.301 e. The van der Waals surface area contributed by atoms with Crippen LogP contribution < -0.4 is 4.90 Å². The van der Waals surface area contributed by atoms with Gasteiger partial charge < -0.3 is 5.11 Å². The number of aliphatic hydroxyl groups is 1. The van der Waals surface area contributed by atoms with Crippen molar-refractivity contribution in [3.63, 3.8) is 0 Å². The van der Waals surface area contributed by atoms with E-state index in [-0.39, 0.29) is 41.6 Å². The third-order valence-corrected chi connectivity index (χ3v) is 10.1. The summed E-state index contributed by atoms with van der Waals surface area (Å²) in [5.41, 5.74) is 0.885. The van der Waals surface area contributed by atoms with Gasteiger partial charge in [-0.25, -0.2) is 13.4 Å². The quantitative estimate of drug-likeness (QED) is 0.0880. The van der Waals surface area contributed by atoms with Gasteiger partial charge in [-0.05, 0) is 36.8 Å². The van der Waals surface area contributed by atoms with Gasteiger partial charge in [-0.1, -0.05) is 70.4 Å². The molecule has 1 unspecified atom stereocenters. The number of sulfone groups is 1. The number of carbonyl (C=O) groups is 2. The van der Waals surface area contributed by atoms with E-state index >= 15 is 0 Å². The predicted octanol–water partition coefficient (Wildman–Crippen LogP) is 6.13. The molecule has 0 aliphatic carbocycles. The van der Waals surface area contributed by atoms with Crippen molar-refractivity contribution in [2.24, 2.45) is 0 Å². The number of rotatable bonds is 6. The van der Waals surface area contributed by atoms with E-state index in [0.717, 1.165) is 40.9 Å². The van der Waals surface area contributed by atoms with Gasteiger partial charge in [0.2, 0.25) is 9.84 Å². The lowest BCUT2D eigenvalue weighted by molar-refractivity contribution is -0.384. The third-order valence-electron chi connectivity index (χ3n) is 6.33. The number of aryl methyl sites for hydroxylation is 1. The van der Waals surface area contributed by atoms with Gasteiger partial charge in [0.05, 0.1) is 27.6 Å². The first kappa shape index (κ1) is 28.4. The molecule has 5 rings (SSSR count). The summed E-state index contributed by atoms with van der Waals surface area (Å²) in [7, 11) is -4.19. The Kier molecular flexibility index (Phi) is 7.43. The first-order chi connectivity index (χ1) is 19.4. The number of hydrogen-bond acceptors (Lipinski definition) is 9. The zero-order valence-corrected chi connectivity index (χ0v) is 24.0. The van der Waals surface area contributed by atoms with E-state index in [0.29, 0.717) is 16.4 Å². The molecule has 14 heteroatoms. The molecule has 1 aliphatic heterocycles. The zero-order valence-electron chi connectivity index (χ0n) is 20.8. The summed E-state index contributed by atoms with van der Waals surface area (Å²) in [4.78, 5) is 42.0. The molecule has 208 valence electrons. The van der Waals surface area contributed by atoms with Crippen LogP contribution in [0.1, 0.15) is 22.7 Å². The maximum absolute atomic E-state index is 13.4. The highest BCUT2D eigenvalue weighted by Crippen LogP contribution is 2.46. The van der Waals surface area contributed by atoms with Crippen LogP contribution in [-0.4, -0.2) is 35.1 Å². The number of aliphatic hydroxyl groups excluding tert-OH is 1. The minimum absolute atomic E-state index is 0.0967. The lowest BCUT2D eigenvalue weighted by Gasteiger charge is -2.24. The number of nitro groups is 1. The van der Waals surface area contributed by atoms with E-state index in [4.69, 9.17) is 23.2 Å². The van der Waals surface area contributed by atoms with Crippen LogP contribution in [0.25, 0.3) is 5.76 Å². The van der Waals surface area contributed by atoms with Gasteiger partial charge in [0, 0.05) is 27.7 Å². The van der Waals surface area contributed by atoms with Gasteiger partial charge in [-0.15, -0.1) is 0 Å². The van der Waals surface area contributed by atoms with Crippen LogP contribution in [0, 0.1) is 17.0 Å². The number of anilines is 1. The fraction of sp³-hybridized carbons (Fsp3) is 0.0741. The Hall–Kier alpha value is -4.10. The summed E-state index contributed by atoms with van der Waals surface area (Å²) in [6, 6.07) is 14.1. The highest BCUT2D eigenvalue weighted by Gasteiger charge is 2.49. The molecular weight excluding hydrogens is 613 g/mol. The van der Waals surface area contributed by atoms with E-state index in [1.807, 2.05) is 6.92 Å². The molecule has 1 saturated heterocycles. The average Bonchev–Trinajstić information content (AvgIpc) is 3.52. The summed E-state index contributed by atoms with van der Waals surface area (Å²) in [6.45, 7) is 1.85. The molecule has 4 aromatic rings. The van der Waals surface area contributed by atoms with Crippen molar-refractivity contribution >= 4 is 72.6 Å². The van der Waals surface area contributed by atoms with Gasteiger partial charge in [0.1, 0.15) is 9.97 Å². The SMILES string of the molecule is Cc1ccc(C(O)=C2C(=O)C(=O)N(c3ncc(S(=O)(=O)c4ccc([N+](=O)[O-])cc4)s3)C2c2ccc(Cl)cc2Cl)cc1. The number of non-ortho nitro benzene ring substituents is 1. The van der Waals surface area contributed by atoms with Crippen molar-refractivity contribution in [2.45, 2.75) is 22.1 Å². The van der Waals surface area contributed by atoms with Crippen molar-refractivity contribution in [3.05, 3.63) is 115 Å². The normalized spacial score (nSPS) is 16.8. The molecule has 10 nitrogen and oxygen atoms in total. The minimum atomic E-state index is -4.19. The van der Waals surface area contributed by atoms with Crippen molar-refractivity contribution in [1.82, 2.24) is 4.98 Å². The van der Waals surface area contributed by atoms with Crippen LogP contribution in [0.4, 0.5) is 10.8 Å². The first-order valence-corrected chi connectivity index (χ1v) is 14.7. The van der Waals surface area contributed by atoms with Gasteiger partial charge in [-0.3, -0.25) is 24.6 Å². The van der Waals surface area contributed by atoms with Crippen molar-refractivity contribution in [3.8, 4) is 0 Å². The summed E-state index contributed by atoms with van der Waals surface area (Å²) in [5.74, 6) is -2.52. The molecule has 1 amide bonds. The largest absolute Gasteiger partial charge is 0.507 e. The average molecular weight is 630 g/mol. The Morgan fingerprint density at radius 2 is 1.71 bits per heavy atom. The fourth-order valence-corrected chi connectivity index (χ4v) is 7.32. The van der Waals surface area contributed by atoms with Crippen LogP contribution >= 0.6 is 34.5 Å². The predicted molar refractivity (Wildman–Crippen MR) is 153 cm³/mol. The topological polar surface area (TPSA) is 148 Å². The standard InChI is InChI=1S/C27H17Cl2N3O7S2/c1-14-2-4-15(5-3-14)24(33)22-23(19-11-6-16(28)12-20(19)29)31(26(35)25(22)34)27-30-13-21(40-27)41(38,39)18-9-7-17(8-10-18)32(36)37/h2-13,23,33H,1H3. The molecule has 1 aliphatic rings. The van der Waals surface area contributed by atoms with Gasteiger partial charge in [0.25, 0.3) is 11.5 Å². The summed E-state index contributed by atoms with van der Waals surface area (Å²) in [6.07, 6.45) is 1.02. The Morgan fingerprint density at radius 1 is 1.05 bits per heavy atom. The van der Waals surface area contributed by atoms with Crippen LogP contribution in [0.3, 0.4) is 0 Å². The highest BCUT2D eigenvalue weighted by molar-refractivity contribution is 7.93. The van der Waals surface area contributed by atoms with E-state index < -0.39 is 38.3 Å². The molecule has 0 bridgehead atoms. The molecule has 1 N–H and O–H groups in total. The van der Waals surface area contributed by atoms with E-state index in [2.05, 4.69) is 4.98 Å². The first-order valence-electron chi connectivity index (χ1n) is 11.7. The maximum atomic E-state index is 13.4. The van der Waals surface area contributed by atoms with E-state index in [9.17, 15) is 33.2 Å². The zero-order chi connectivity index (χ0) is 29.6. The fourth-order valence-electron chi connectivity index (χ4n) is 4.26. The molecule has 1 fully saturated rings. The lowest BCUT2D eigenvalue weighted by Crippen LogP contribution is -2.29. The molecule has 2 heterocycles. The Balaban J connectivity index is 1.65. The number of benzene rings is 3. The number of hydrogen-bond donors (Lipinski definition) is 1. The van der Waals surface area contributed by atoms with E-state index in [1.165, 1.54) is 18.2 Å². The number of nitro benzene ring substituents is 1. The minimum Gasteiger partial charge on any atom is -0.507 e. The molecule has 3 aromatic carbocycles. The Bertz CT molecular complexity index is 1870. The molecule has 0 spiro atoms. The number of Topliss-reactive ketones (excluding diaryl/α,β-unsaturated/α-hetero) is 1. The van der Waals surface area contributed by atoms with Crippen molar-refractivity contribution in [1.29, 1.82) is 0 Å². The van der Waals surface area contributed by atoms with Crippen LogP contribution in [0.2, 0.25) is 10.0 Å². The second kappa shape index (κ2) is 10.7. The summed E-state index contributed by atoms with van der Waals surface area (Å²) < 4.78 is 26.2. The van der Waals surface area contributed by atoms with E-state index in [1.54, 1.807) is 24.3 Å². The van der Waals surface area contributed by atoms with Crippen molar-refractivity contribution < 1.29 is 28.0 Å². The lowest BCUT2D eigenvalue weighted by atomic mass is 9.95. The number of carbonyl (C=O) groups excluding carboxylic acids is 2. The Labute approximate surface area is 247 Å². The number of nitrogens with zero attached hydrogens (tertiary/aromatic N) is 3. The van der Waals surface area contributed by atoms with Gasteiger partial charge in [0.15, 0.2) is 5.13 Å². The number of thiazole rings is 1.